The average Bonchev–Trinajstić information content (AvgIpc) is 2.81. The number of carboxylic acid groups (broad SMARTS) is 1. The summed E-state index contributed by atoms with van der Waals surface area (Å²) in [5.74, 6) is -0.648. The van der Waals surface area contributed by atoms with Gasteiger partial charge in [0.15, 0.2) is 0 Å². The van der Waals surface area contributed by atoms with Crippen LogP contribution in [0.2, 0.25) is 0 Å². The molecular weight excluding hydrogens is 259 g/mol. The Kier molecular flexibility index (Phi) is 3.42. The van der Waals surface area contributed by atoms with Gasteiger partial charge in [-0.3, -0.25) is 4.79 Å². The van der Waals surface area contributed by atoms with E-state index in [4.69, 9.17) is 5.11 Å². The van der Waals surface area contributed by atoms with E-state index in [-0.39, 0.29) is 11.7 Å². The Morgan fingerprint density at radius 2 is 2.10 bits per heavy atom. The van der Waals surface area contributed by atoms with E-state index in [1.165, 1.54) is 12.1 Å². The van der Waals surface area contributed by atoms with E-state index >= 15 is 0 Å². The summed E-state index contributed by atoms with van der Waals surface area (Å²) in [5.41, 5.74) is 1.61. The van der Waals surface area contributed by atoms with Crippen LogP contribution in [0.5, 0.6) is 0 Å². The number of carbonyl (C=O) groups is 1. The molecule has 1 aromatic heterocycles. The molecule has 0 amide bonds. The molecule has 0 unspecified atom stereocenters. The molecule has 2 aromatic rings. The fourth-order valence-corrected chi connectivity index (χ4v) is 3.05. The van der Waals surface area contributed by atoms with Gasteiger partial charge >= 0.3 is 5.97 Å². The summed E-state index contributed by atoms with van der Waals surface area (Å²) < 4.78 is 15.2. The van der Waals surface area contributed by atoms with Gasteiger partial charge in [-0.05, 0) is 43.7 Å². The summed E-state index contributed by atoms with van der Waals surface area (Å²) in [7, 11) is 0. The van der Waals surface area contributed by atoms with E-state index in [1.807, 2.05) is 4.57 Å². The second-order valence-electron chi connectivity index (χ2n) is 5.59. The summed E-state index contributed by atoms with van der Waals surface area (Å²) >= 11 is 0. The van der Waals surface area contributed by atoms with Gasteiger partial charge in [0.2, 0.25) is 0 Å². The van der Waals surface area contributed by atoms with Crippen LogP contribution in [0.3, 0.4) is 0 Å². The first-order valence-electron chi connectivity index (χ1n) is 6.96. The molecule has 1 aliphatic rings. The van der Waals surface area contributed by atoms with Gasteiger partial charge in [-0.2, -0.15) is 0 Å². The van der Waals surface area contributed by atoms with Crippen molar-refractivity contribution in [3.63, 3.8) is 0 Å². The molecule has 0 atom stereocenters. The van der Waals surface area contributed by atoms with Crippen LogP contribution in [0.1, 0.15) is 25.7 Å². The molecule has 0 bridgehead atoms. The highest BCUT2D eigenvalue weighted by Crippen LogP contribution is 2.30. The first kappa shape index (κ1) is 13.1. The monoisotopic (exact) mass is 276 g/mol. The quantitative estimate of drug-likeness (QED) is 0.937. The maximum Gasteiger partial charge on any atom is 0.306 e. The van der Waals surface area contributed by atoms with E-state index in [2.05, 4.69) is 4.98 Å². The number of hydrogen-bond donors (Lipinski definition) is 1. The fourth-order valence-electron chi connectivity index (χ4n) is 3.05. The minimum Gasteiger partial charge on any atom is -0.481 e. The third kappa shape index (κ3) is 2.53. The predicted octanol–water partition coefficient (Wildman–Crippen LogP) is 3.07. The van der Waals surface area contributed by atoms with Crippen molar-refractivity contribution >= 4 is 17.0 Å². The van der Waals surface area contributed by atoms with Crippen LogP contribution in [-0.2, 0) is 11.3 Å². The second-order valence-corrected chi connectivity index (χ2v) is 5.59. The van der Waals surface area contributed by atoms with Crippen LogP contribution >= 0.6 is 0 Å². The van der Waals surface area contributed by atoms with Gasteiger partial charge < -0.3 is 9.67 Å². The fraction of sp³-hybridized carbons (Fsp3) is 0.467. The molecule has 1 fully saturated rings. The largest absolute Gasteiger partial charge is 0.481 e. The van der Waals surface area contributed by atoms with Crippen molar-refractivity contribution in [2.24, 2.45) is 11.8 Å². The Balaban J connectivity index is 1.70. The number of aliphatic carboxylic acids is 1. The number of imidazole rings is 1. The summed E-state index contributed by atoms with van der Waals surface area (Å²) in [5, 5.41) is 9.00. The Hall–Kier alpha value is -1.91. The molecule has 4 nitrogen and oxygen atoms in total. The number of nitrogens with zero attached hydrogens (tertiary/aromatic N) is 2. The van der Waals surface area contributed by atoms with E-state index in [0.717, 1.165) is 37.7 Å². The van der Waals surface area contributed by atoms with Gasteiger partial charge in [0.25, 0.3) is 0 Å². The summed E-state index contributed by atoms with van der Waals surface area (Å²) in [6.07, 6.45) is 5.10. The molecule has 0 spiro atoms. The molecule has 20 heavy (non-hydrogen) atoms. The van der Waals surface area contributed by atoms with E-state index in [9.17, 15) is 9.18 Å². The van der Waals surface area contributed by atoms with Crippen LogP contribution in [-0.4, -0.2) is 20.6 Å². The van der Waals surface area contributed by atoms with E-state index in [1.54, 1.807) is 12.4 Å². The van der Waals surface area contributed by atoms with E-state index < -0.39 is 5.97 Å². The van der Waals surface area contributed by atoms with Crippen molar-refractivity contribution in [3.8, 4) is 0 Å². The average molecular weight is 276 g/mol. The zero-order chi connectivity index (χ0) is 14.1. The summed E-state index contributed by atoms with van der Waals surface area (Å²) in [6.45, 7) is 0.828. The zero-order valence-electron chi connectivity index (χ0n) is 11.1. The highest BCUT2D eigenvalue weighted by molar-refractivity contribution is 5.75. The lowest BCUT2D eigenvalue weighted by atomic mass is 9.82. The van der Waals surface area contributed by atoms with Crippen molar-refractivity contribution in [1.82, 2.24) is 9.55 Å². The molecule has 5 heteroatoms. The summed E-state index contributed by atoms with van der Waals surface area (Å²) in [4.78, 5) is 15.2. The zero-order valence-corrected chi connectivity index (χ0v) is 11.1. The normalized spacial score (nSPS) is 23.1. The van der Waals surface area contributed by atoms with Crippen molar-refractivity contribution in [2.45, 2.75) is 32.2 Å². The molecule has 0 saturated heterocycles. The van der Waals surface area contributed by atoms with Gasteiger partial charge in [0, 0.05) is 12.6 Å². The number of rotatable bonds is 3. The maximum absolute atomic E-state index is 13.1. The standard InChI is InChI=1S/C15H17FN2O2/c16-12-5-6-14-13(7-12)17-9-18(14)8-10-1-3-11(4-2-10)15(19)20/h5-7,9-11H,1-4,8H2,(H,19,20). The molecule has 1 aliphatic carbocycles. The minimum atomic E-state index is -0.674. The molecule has 1 heterocycles. The smallest absolute Gasteiger partial charge is 0.306 e. The maximum atomic E-state index is 13.1. The van der Waals surface area contributed by atoms with Crippen molar-refractivity contribution in [2.75, 3.05) is 0 Å². The SMILES string of the molecule is O=C(O)C1CCC(Cn2cnc3cc(F)ccc32)CC1. The van der Waals surface area contributed by atoms with Gasteiger partial charge in [0.1, 0.15) is 5.82 Å². The lowest BCUT2D eigenvalue weighted by Gasteiger charge is -2.26. The van der Waals surface area contributed by atoms with Gasteiger partial charge in [-0.15, -0.1) is 0 Å². The van der Waals surface area contributed by atoms with Crippen molar-refractivity contribution in [3.05, 3.63) is 30.3 Å². The van der Waals surface area contributed by atoms with Gasteiger partial charge in [0.05, 0.1) is 23.3 Å². The first-order chi connectivity index (χ1) is 9.63. The number of benzene rings is 1. The molecule has 0 radical (unpaired) electrons. The van der Waals surface area contributed by atoms with Crippen LogP contribution in [0, 0.1) is 17.7 Å². The number of halogens is 1. The molecule has 1 saturated carbocycles. The Morgan fingerprint density at radius 1 is 1.35 bits per heavy atom. The molecule has 3 rings (SSSR count). The Morgan fingerprint density at radius 3 is 2.80 bits per heavy atom. The van der Waals surface area contributed by atoms with Crippen molar-refractivity contribution < 1.29 is 14.3 Å². The lowest BCUT2D eigenvalue weighted by molar-refractivity contribution is -0.143. The van der Waals surface area contributed by atoms with Gasteiger partial charge in [-0.1, -0.05) is 0 Å². The summed E-state index contributed by atoms with van der Waals surface area (Å²) in [6, 6.07) is 4.63. The van der Waals surface area contributed by atoms with Crippen LogP contribution in [0.4, 0.5) is 4.39 Å². The van der Waals surface area contributed by atoms with Gasteiger partial charge in [-0.25, -0.2) is 9.37 Å². The molecule has 0 aliphatic heterocycles. The Bertz CT molecular complexity index is 630. The molecule has 1 N–H and O–H groups in total. The van der Waals surface area contributed by atoms with E-state index in [0.29, 0.717) is 11.4 Å². The minimum absolute atomic E-state index is 0.181. The number of hydrogen-bond acceptors (Lipinski definition) is 2. The highest BCUT2D eigenvalue weighted by Gasteiger charge is 2.26. The highest BCUT2D eigenvalue weighted by atomic mass is 19.1. The topological polar surface area (TPSA) is 55.1 Å². The van der Waals surface area contributed by atoms with Crippen LogP contribution < -0.4 is 0 Å². The van der Waals surface area contributed by atoms with Crippen LogP contribution in [0.25, 0.3) is 11.0 Å². The first-order valence-corrected chi connectivity index (χ1v) is 6.96. The molecular formula is C15H17FN2O2. The predicted molar refractivity (Wildman–Crippen MR) is 72.8 cm³/mol. The third-order valence-corrected chi connectivity index (χ3v) is 4.23. The second kappa shape index (κ2) is 5.23. The number of fused-ring (bicyclic) bond motifs is 1. The molecule has 1 aromatic carbocycles. The number of carboxylic acids is 1. The lowest BCUT2D eigenvalue weighted by Crippen LogP contribution is -2.23. The van der Waals surface area contributed by atoms with Crippen molar-refractivity contribution in [1.29, 1.82) is 0 Å². The van der Waals surface area contributed by atoms with Crippen LogP contribution in [0.15, 0.2) is 24.5 Å². The third-order valence-electron chi connectivity index (χ3n) is 4.23. The Labute approximate surface area is 116 Å². The number of aromatic nitrogens is 2. The molecule has 106 valence electrons.